The average molecular weight is 392 g/mol. The van der Waals surface area contributed by atoms with Gasteiger partial charge in [-0.1, -0.05) is 6.07 Å². The summed E-state index contributed by atoms with van der Waals surface area (Å²) in [6, 6.07) is 2.50. The first-order valence-corrected chi connectivity index (χ1v) is 8.82. The number of imidazole rings is 1. The van der Waals surface area contributed by atoms with Crippen molar-refractivity contribution < 1.29 is 13.2 Å². The third kappa shape index (κ3) is 3.70. The number of alkyl halides is 3. The topological polar surface area (TPSA) is 123 Å². The largest absolute Gasteiger partial charge is 0.433 e. The van der Waals surface area contributed by atoms with Crippen LogP contribution in [-0.4, -0.2) is 42.9 Å². The highest BCUT2D eigenvalue weighted by atomic mass is 19.4. The van der Waals surface area contributed by atoms with Crippen molar-refractivity contribution in [3.05, 3.63) is 35.4 Å². The van der Waals surface area contributed by atoms with Crippen LogP contribution in [0.2, 0.25) is 0 Å². The molecule has 148 valence electrons. The minimum Gasteiger partial charge on any atom is -0.382 e. The zero-order valence-corrected chi connectivity index (χ0v) is 14.9. The van der Waals surface area contributed by atoms with Crippen LogP contribution in [0.15, 0.2) is 18.3 Å². The second-order valence-corrected chi connectivity index (χ2v) is 6.89. The van der Waals surface area contributed by atoms with Crippen LogP contribution >= 0.6 is 0 Å². The van der Waals surface area contributed by atoms with Crippen molar-refractivity contribution in [1.82, 2.24) is 29.8 Å². The maximum atomic E-state index is 12.6. The normalized spacial score (nSPS) is 16.7. The number of anilines is 2. The molecule has 3 aromatic rings. The number of aromatic nitrogens is 5. The van der Waals surface area contributed by atoms with Crippen LogP contribution in [0.1, 0.15) is 35.8 Å². The second kappa shape index (κ2) is 6.89. The molecule has 1 saturated heterocycles. The quantitative estimate of drug-likeness (QED) is 0.625. The van der Waals surface area contributed by atoms with Crippen LogP contribution in [0.4, 0.5) is 24.9 Å². The van der Waals surface area contributed by atoms with Crippen molar-refractivity contribution in [2.45, 2.75) is 31.5 Å². The van der Waals surface area contributed by atoms with Crippen molar-refractivity contribution in [2.75, 3.05) is 24.6 Å². The van der Waals surface area contributed by atoms with Gasteiger partial charge in [0, 0.05) is 18.7 Å². The molecule has 5 N–H and O–H groups in total. The standard InChI is InChI=1S/C17H19F3N8/c18-17(19,20)11-2-1-9(7-23-11)8-28-5-3-10(4-6-28)14-24-12-13(21)25-16(22)27-15(12)26-14/h1-2,7,10H,3-6,8H2,(H5,21,22,24,25,26,27). The minimum absolute atomic E-state index is 0.0861. The van der Waals surface area contributed by atoms with E-state index in [1.807, 2.05) is 0 Å². The minimum atomic E-state index is -4.41. The van der Waals surface area contributed by atoms with E-state index in [9.17, 15) is 13.2 Å². The molecule has 4 heterocycles. The SMILES string of the molecule is Nc1nc(N)c2[nH]c(C3CCN(Cc4ccc(C(F)(F)F)nc4)CC3)nc2n1. The zero-order chi connectivity index (χ0) is 19.9. The van der Waals surface area contributed by atoms with Crippen LogP contribution in [0.5, 0.6) is 0 Å². The Morgan fingerprint density at radius 2 is 1.86 bits per heavy atom. The molecule has 1 aliphatic rings. The average Bonchev–Trinajstić information content (AvgIpc) is 3.06. The number of hydrogen-bond donors (Lipinski definition) is 3. The third-order valence-electron chi connectivity index (χ3n) is 4.91. The zero-order valence-electron chi connectivity index (χ0n) is 14.9. The predicted octanol–water partition coefficient (Wildman–Crippen LogP) is 2.31. The molecule has 11 heteroatoms. The number of rotatable bonds is 3. The molecule has 8 nitrogen and oxygen atoms in total. The first-order chi connectivity index (χ1) is 13.3. The molecule has 1 aliphatic heterocycles. The van der Waals surface area contributed by atoms with Gasteiger partial charge in [-0.2, -0.15) is 23.1 Å². The number of nitrogens with two attached hydrogens (primary N) is 2. The van der Waals surface area contributed by atoms with Gasteiger partial charge in [-0.15, -0.1) is 0 Å². The summed E-state index contributed by atoms with van der Waals surface area (Å²) in [5, 5.41) is 0. The van der Waals surface area contributed by atoms with Gasteiger partial charge in [0.1, 0.15) is 17.0 Å². The van der Waals surface area contributed by atoms with Crippen molar-refractivity contribution >= 4 is 22.9 Å². The first kappa shape index (κ1) is 18.4. The fourth-order valence-corrected chi connectivity index (χ4v) is 3.46. The molecular formula is C17H19F3N8. The van der Waals surface area contributed by atoms with Gasteiger partial charge in [0.25, 0.3) is 0 Å². The Balaban J connectivity index is 1.39. The molecular weight excluding hydrogens is 373 g/mol. The maximum Gasteiger partial charge on any atom is 0.433 e. The van der Waals surface area contributed by atoms with Gasteiger partial charge in [-0.05, 0) is 37.6 Å². The van der Waals surface area contributed by atoms with Crippen LogP contribution in [0, 0.1) is 0 Å². The van der Waals surface area contributed by atoms with E-state index in [4.69, 9.17) is 11.5 Å². The van der Waals surface area contributed by atoms with Crippen molar-refractivity contribution in [1.29, 1.82) is 0 Å². The van der Waals surface area contributed by atoms with Crippen LogP contribution in [0.25, 0.3) is 11.2 Å². The van der Waals surface area contributed by atoms with E-state index in [0.717, 1.165) is 43.4 Å². The Morgan fingerprint density at radius 1 is 1.11 bits per heavy atom. The van der Waals surface area contributed by atoms with Crippen molar-refractivity contribution in [3.63, 3.8) is 0 Å². The lowest BCUT2D eigenvalue weighted by molar-refractivity contribution is -0.141. The molecule has 3 aromatic heterocycles. The van der Waals surface area contributed by atoms with E-state index in [1.165, 1.54) is 12.3 Å². The molecule has 4 rings (SSSR count). The van der Waals surface area contributed by atoms with Gasteiger partial charge in [-0.3, -0.25) is 9.88 Å². The van der Waals surface area contributed by atoms with Gasteiger partial charge in [0.15, 0.2) is 11.5 Å². The highest BCUT2D eigenvalue weighted by molar-refractivity contribution is 5.82. The Bertz CT molecular complexity index is 974. The predicted molar refractivity (Wildman–Crippen MR) is 97.0 cm³/mol. The number of piperidine rings is 1. The lowest BCUT2D eigenvalue weighted by Crippen LogP contribution is -2.32. The number of fused-ring (bicyclic) bond motifs is 1. The van der Waals surface area contributed by atoms with Crippen LogP contribution in [-0.2, 0) is 12.7 Å². The van der Waals surface area contributed by atoms with E-state index in [0.29, 0.717) is 17.7 Å². The number of likely N-dealkylation sites (tertiary alicyclic amines) is 1. The summed E-state index contributed by atoms with van der Waals surface area (Å²) < 4.78 is 37.8. The summed E-state index contributed by atoms with van der Waals surface area (Å²) in [5.41, 5.74) is 12.4. The smallest absolute Gasteiger partial charge is 0.382 e. The summed E-state index contributed by atoms with van der Waals surface area (Å²) in [5.74, 6) is 1.38. The molecule has 0 atom stereocenters. The second-order valence-electron chi connectivity index (χ2n) is 6.89. The molecule has 0 saturated carbocycles. The number of pyridine rings is 1. The fraction of sp³-hybridized carbons (Fsp3) is 0.412. The van der Waals surface area contributed by atoms with Crippen LogP contribution < -0.4 is 11.5 Å². The molecule has 28 heavy (non-hydrogen) atoms. The van der Waals surface area contributed by atoms with Crippen molar-refractivity contribution in [3.8, 4) is 0 Å². The Morgan fingerprint density at radius 3 is 2.50 bits per heavy atom. The molecule has 0 spiro atoms. The molecule has 0 amide bonds. The lowest BCUT2D eigenvalue weighted by atomic mass is 9.96. The molecule has 1 fully saturated rings. The van der Waals surface area contributed by atoms with Gasteiger partial charge in [0.05, 0.1) is 0 Å². The summed E-state index contributed by atoms with van der Waals surface area (Å²) in [6.45, 7) is 2.16. The third-order valence-corrected chi connectivity index (χ3v) is 4.91. The van der Waals surface area contributed by atoms with Crippen LogP contribution in [0.3, 0.4) is 0 Å². The highest BCUT2D eigenvalue weighted by Gasteiger charge is 2.32. The number of nitrogens with one attached hydrogen (secondary N) is 1. The summed E-state index contributed by atoms with van der Waals surface area (Å²) >= 11 is 0. The molecule has 0 unspecified atom stereocenters. The summed E-state index contributed by atoms with van der Waals surface area (Å²) in [4.78, 5) is 21.4. The van der Waals surface area contributed by atoms with E-state index < -0.39 is 11.9 Å². The van der Waals surface area contributed by atoms with E-state index in [-0.39, 0.29) is 17.7 Å². The van der Waals surface area contributed by atoms with Gasteiger partial charge >= 0.3 is 6.18 Å². The Kier molecular flexibility index (Phi) is 4.53. The van der Waals surface area contributed by atoms with E-state index in [2.05, 4.69) is 29.8 Å². The lowest BCUT2D eigenvalue weighted by Gasteiger charge is -2.31. The number of hydrogen-bond acceptors (Lipinski definition) is 7. The summed E-state index contributed by atoms with van der Waals surface area (Å²) in [7, 11) is 0. The molecule has 0 radical (unpaired) electrons. The number of halogens is 3. The summed E-state index contributed by atoms with van der Waals surface area (Å²) in [6.07, 6.45) is -1.41. The first-order valence-electron chi connectivity index (χ1n) is 8.82. The number of H-pyrrole nitrogens is 1. The Hall–Kier alpha value is -2.95. The van der Waals surface area contributed by atoms with E-state index >= 15 is 0 Å². The molecule has 0 aromatic carbocycles. The Labute approximate surface area is 158 Å². The molecule has 0 bridgehead atoms. The molecule has 0 aliphatic carbocycles. The number of aromatic amines is 1. The fourth-order valence-electron chi connectivity index (χ4n) is 3.46. The van der Waals surface area contributed by atoms with Crippen molar-refractivity contribution in [2.24, 2.45) is 0 Å². The highest BCUT2D eigenvalue weighted by Crippen LogP contribution is 2.30. The maximum absolute atomic E-state index is 12.6. The van der Waals surface area contributed by atoms with E-state index in [1.54, 1.807) is 0 Å². The number of nitrogens with zero attached hydrogens (tertiary/aromatic N) is 5. The van der Waals surface area contributed by atoms with Gasteiger partial charge < -0.3 is 16.5 Å². The van der Waals surface area contributed by atoms with Gasteiger partial charge in [-0.25, -0.2) is 4.98 Å². The number of nitrogen functional groups attached to an aromatic ring is 2. The van der Waals surface area contributed by atoms with Gasteiger partial charge in [0.2, 0.25) is 5.95 Å². The monoisotopic (exact) mass is 392 g/mol.